The zero-order chi connectivity index (χ0) is 13.1. The Morgan fingerprint density at radius 2 is 2.00 bits per heavy atom. The van der Waals surface area contributed by atoms with Gasteiger partial charge in [-0.1, -0.05) is 0 Å². The van der Waals surface area contributed by atoms with Gasteiger partial charge in [0.15, 0.2) is 0 Å². The average Bonchev–Trinajstić information content (AvgIpc) is 2.42. The zero-order valence-electron chi connectivity index (χ0n) is 10.8. The van der Waals surface area contributed by atoms with E-state index in [0.717, 1.165) is 19.6 Å². The summed E-state index contributed by atoms with van der Waals surface area (Å²) in [7, 11) is 2.16. The Labute approximate surface area is 125 Å². The van der Waals surface area contributed by atoms with Crippen molar-refractivity contribution in [3.05, 3.63) is 19.2 Å². The summed E-state index contributed by atoms with van der Waals surface area (Å²) in [6.45, 7) is 9.63. The molecular weight excluding hydrogens is 364 g/mol. The lowest BCUT2D eigenvalue weighted by atomic mass is 10.1. The van der Waals surface area contributed by atoms with Gasteiger partial charge in [0, 0.05) is 25.2 Å². The second kappa shape index (κ2) is 6.66. The van der Waals surface area contributed by atoms with Crippen LogP contribution >= 0.6 is 43.2 Å². The molecule has 2 nitrogen and oxygen atoms in total. The third-order valence-electron chi connectivity index (χ3n) is 2.32. The minimum Gasteiger partial charge on any atom is -0.311 e. The molecule has 0 aromatic carbocycles. The van der Waals surface area contributed by atoms with E-state index in [9.17, 15) is 0 Å². The number of thiophene rings is 1. The first-order valence-electron chi connectivity index (χ1n) is 5.65. The fraction of sp³-hybridized carbons (Fsp3) is 0.667. The van der Waals surface area contributed by atoms with E-state index in [0.29, 0.717) is 0 Å². The predicted octanol–water partition coefficient (Wildman–Crippen LogP) is 4.09. The number of halogens is 2. The van der Waals surface area contributed by atoms with Crippen LogP contribution in [0.25, 0.3) is 0 Å². The van der Waals surface area contributed by atoms with E-state index in [-0.39, 0.29) is 5.54 Å². The number of rotatable bonds is 5. The molecule has 0 amide bonds. The maximum Gasteiger partial charge on any atom is 0.0755 e. The SMILES string of the molecule is CN(CCNC(C)(C)C)Cc1cc(Br)sc1Br. The Kier molecular flexibility index (Phi) is 6.13. The molecule has 0 fully saturated rings. The van der Waals surface area contributed by atoms with Gasteiger partial charge >= 0.3 is 0 Å². The maximum absolute atomic E-state index is 3.59. The lowest BCUT2D eigenvalue weighted by molar-refractivity contribution is 0.303. The van der Waals surface area contributed by atoms with Gasteiger partial charge in [-0.05, 0) is 71.3 Å². The molecule has 1 aromatic rings. The molecule has 0 saturated heterocycles. The number of nitrogens with one attached hydrogen (secondary N) is 1. The van der Waals surface area contributed by atoms with Crippen LogP contribution in [0.1, 0.15) is 26.3 Å². The topological polar surface area (TPSA) is 15.3 Å². The molecule has 0 unspecified atom stereocenters. The molecule has 0 bridgehead atoms. The van der Waals surface area contributed by atoms with E-state index in [1.807, 2.05) is 0 Å². The molecule has 0 spiro atoms. The Hall–Kier alpha value is 0.580. The van der Waals surface area contributed by atoms with Crippen molar-refractivity contribution >= 4 is 43.2 Å². The maximum atomic E-state index is 3.59. The van der Waals surface area contributed by atoms with Gasteiger partial charge in [-0.15, -0.1) is 11.3 Å². The minimum atomic E-state index is 0.201. The first-order chi connectivity index (χ1) is 7.78. The highest BCUT2D eigenvalue weighted by Gasteiger charge is 2.10. The van der Waals surface area contributed by atoms with Gasteiger partial charge in [0.25, 0.3) is 0 Å². The molecule has 1 aromatic heterocycles. The van der Waals surface area contributed by atoms with Gasteiger partial charge in [-0.2, -0.15) is 0 Å². The lowest BCUT2D eigenvalue weighted by Gasteiger charge is -2.23. The zero-order valence-corrected chi connectivity index (χ0v) is 14.8. The third kappa shape index (κ3) is 6.34. The summed E-state index contributed by atoms with van der Waals surface area (Å²) in [6.07, 6.45) is 0. The summed E-state index contributed by atoms with van der Waals surface area (Å²) in [6, 6.07) is 2.18. The lowest BCUT2D eigenvalue weighted by Crippen LogP contribution is -2.40. The van der Waals surface area contributed by atoms with Gasteiger partial charge < -0.3 is 10.2 Å². The van der Waals surface area contributed by atoms with Crippen LogP contribution in [0.5, 0.6) is 0 Å². The first kappa shape index (κ1) is 15.6. The van der Waals surface area contributed by atoms with Crippen LogP contribution < -0.4 is 5.32 Å². The number of hydrogen-bond donors (Lipinski definition) is 1. The summed E-state index contributed by atoms with van der Waals surface area (Å²) in [5.74, 6) is 0. The largest absolute Gasteiger partial charge is 0.311 e. The smallest absolute Gasteiger partial charge is 0.0755 e. The van der Waals surface area contributed by atoms with Crippen molar-refractivity contribution in [2.45, 2.75) is 32.9 Å². The molecule has 0 saturated carbocycles. The third-order valence-corrected chi connectivity index (χ3v) is 4.78. The fourth-order valence-corrected chi connectivity index (χ4v) is 4.28. The number of likely N-dealkylation sites (N-methyl/N-ethyl adjacent to an activating group) is 1. The number of hydrogen-bond acceptors (Lipinski definition) is 3. The van der Waals surface area contributed by atoms with Crippen molar-refractivity contribution in [1.29, 1.82) is 0 Å². The van der Waals surface area contributed by atoms with Crippen molar-refractivity contribution < 1.29 is 0 Å². The Morgan fingerprint density at radius 1 is 1.35 bits per heavy atom. The normalized spacial score (nSPS) is 12.4. The molecule has 0 aliphatic heterocycles. The number of nitrogens with zero attached hydrogens (tertiary/aromatic N) is 1. The Balaban J connectivity index is 2.35. The van der Waals surface area contributed by atoms with Gasteiger partial charge in [0.2, 0.25) is 0 Å². The van der Waals surface area contributed by atoms with Crippen molar-refractivity contribution in [3.63, 3.8) is 0 Å². The molecule has 1 heterocycles. The van der Waals surface area contributed by atoms with Crippen LogP contribution in [0.15, 0.2) is 13.6 Å². The van der Waals surface area contributed by atoms with Gasteiger partial charge in [-0.25, -0.2) is 0 Å². The van der Waals surface area contributed by atoms with Crippen molar-refractivity contribution in [2.24, 2.45) is 0 Å². The molecule has 0 aliphatic rings. The quantitative estimate of drug-likeness (QED) is 0.823. The van der Waals surface area contributed by atoms with E-state index in [1.165, 1.54) is 13.1 Å². The average molecular weight is 384 g/mol. The van der Waals surface area contributed by atoms with Gasteiger partial charge in [-0.3, -0.25) is 0 Å². The summed E-state index contributed by atoms with van der Waals surface area (Å²) in [4.78, 5) is 2.33. The van der Waals surface area contributed by atoms with E-state index in [2.05, 4.69) is 76.0 Å². The molecule has 1 N–H and O–H groups in total. The highest BCUT2D eigenvalue weighted by molar-refractivity contribution is 9.12. The van der Waals surface area contributed by atoms with E-state index in [1.54, 1.807) is 11.3 Å². The van der Waals surface area contributed by atoms with E-state index in [4.69, 9.17) is 0 Å². The standard InChI is InChI=1S/C12H20Br2N2S/c1-12(2,3)15-5-6-16(4)8-9-7-10(13)17-11(9)14/h7,15H,5-6,8H2,1-4H3. The molecule has 0 aliphatic carbocycles. The Bertz CT molecular complexity index is 358. The van der Waals surface area contributed by atoms with Crippen molar-refractivity contribution in [2.75, 3.05) is 20.1 Å². The summed E-state index contributed by atoms with van der Waals surface area (Å²) in [5, 5.41) is 3.50. The second-order valence-electron chi connectivity index (χ2n) is 5.26. The van der Waals surface area contributed by atoms with E-state index < -0.39 is 0 Å². The molecule has 98 valence electrons. The fourth-order valence-electron chi connectivity index (χ4n) is 1.47. The summed E-state index contributed by atoms with van der Waals surface area (Å²) >= 11 is 8.83. The molecule has 0 atom stereocenters. The molecule has 5 heteroatoms. The molecule has 17 heavy (non-hydrogen) atoms. The van der Waals surface area contributed by atoms with Crippen LogP contribution in [0.4, 0.5) is 0 Å². The van der Waals surface area contributed by atoms with Crippen LogP contribution in [-0.4, -0.2) is 30.6 Å². The van der Waals surface area contributed by atoms with Crippen molar-refractivity contribution in [1.82, 2.24) is 10.2 Å². The predicted molar refractivity (Wildman–Crippen MR) is 83.8 cm³/mol. The van der Waals surface area contributed by atoms with Crippen LogP contribution in [0.3, 0.4) is 0 Å². The second-order valence-corrected chi connectivity index (χ2v) is 9.01. The van der Waals surface area contributed by atoms with E-state index >= 15 is 0 Å². The summed E-state index contributed by atoms with van der Waals surface area (Å²) < 4.78 is 2.40. The van der Waals surface area contributed by atoms with Crippen LogP contribution in [0, 0.1) is 0 Å². The summed E-state index contributed by atoms with van der Waals surface area (Å²) in [5.41, 5.74) is 1.55. The highest BCUT2D eigenvalue weighted by Crippen LogP contribution is 2.32. The highest BCUT2D eigenvalue weighted by atomic mass is 79.9. The molecule has 1 rings (SSSR count). The monoisotopic (exact) mass is 382 g/mol. The molecule has 0 radical (unpaired) electrons. The Morgan fingerprint density at radius 3 is 2.47 bits per heavy atom. The molecular formula is C12H20Br2N2S. The van der Waals surface area contributed by atoms with Crippen LogP contribution in [-0.2, 0) is 6.54 Å². The van der Waals surface area contributed by atoms with Crippen LogP contribution in [0.2, 0.25) is 0 Å². The first-order valence-corrected chi connectivity index (χ1v) is 8.05. The van der Waals surface area contributed by atoms with Crippen molar-refractivity contribution in [3.8, 4) is 0 Å². The van der Waals surface area contributed by atoms with Gasteiger partial charge in [0.05, 0.1) is 7.57 Å². The van der Waals surface area contributed by atoms with Gasteiger partial charge in [0.1, 0.15) is 0 Å². The minimum absolute atomic E-state index is 0.201.